The molecule has 29 heavy (non-hydrogen) atoms. The van der Waals surface area contributed by atoms with Gasteiger partial charge in [-0.3, -0.25) is 19.1 Å². The number of para-hydroxylation sites is 1. The van der Waals surface area contributed by atoms with E-state index >= 15 is 0 Å². The Morgan fingerprint density at radius 1 is 1.24 bits per heavy atom. The first-order valence-corrected chi connectivity index (χ1v) is 9.86. The van der Waals surface area contributed by atoms with Crippen LogP contribution in [0.3, 0.4) is 0 Å². The van der Waals surface area contributed by atoms with Gasteiger partial charge in [0.05, 0.1) is 29.8 Å². The van der Waals surface area contributed by atoms with Gasteiger partial charge in [0.25, 0.3) is 0 Å². The van der Waals surface area contributed by atoms with Crippen molar-refractivity contribution in [3.63, 3.8) is 0 Å². The number of carbonyl (C=O) groups excluding carboxylic acids is 3. The van der Waals surface area contributed by atoms with Crippen molar-refractivity contribution in [1.82, 2.24) is 9.47 Å². The van der Waals surface area contributed by atoms with Crippen molar-refractivity contribution in [2.75, 3.05) is 13.2 Å². The van der Waals surface area contributed by atoms with Gasteiger partial charge in [-0.25, -0.2) is 4.79 Å². The number of carbonyl (C=O) groups is 3. The van der Waals surface area contributed by atoms with Crippen molar-refractivity contribution < 1.29 is 23.9 Å². The summed E-state index contributed by atoms with van der Waals surface area (Å²) >= 11 is 0. The number of hydrogen-bond donors (Lipinski definition) is 0. The molecule has 1 amide bonds. The predicted octanol–water partition coefficient (Wildman–Crippen LogP) is 3.64. The molecule has 0 N–H and O–H groups in total. The molecular weight excluding hydrogens is 372 g/mol. The minimum Gasteiger partial charge on any atom is -0.466 e. The zero-order chi connectivity index (χ0) is 21.4. The Balaban J connectivity index is 2.19. The van der Waals surface area contributed by atoms with Gasteiger partial charge in [0.1, 0.15) is 5.60 Å². The normalized spacial score (nSPS) is 19.0. The van der Waals surface area contributed by atoms with Crippen LogP contribution in [0.4, 0.5) is 4.79 Å². The van der Waals surface area contributed by atoms with E-state index in [0.29, 0.717) is 18.7 Å². The van der Waals surface area contributed by atoms with E-state index in [-0.39, 0.29) is 13.0 Å². The molecule has 1 aliphatic rings. The Labute approximate surface area is 170 Å². The van der Waals surface area contributed by atoms with E-state index in [9.17, 15) is 14.4 Å². The molecule has 0 spiro atoms. The van der Waals surface area contributed by atoms with Crippen molar-refractivity contribution in [1.29, 1.82) is 0 Å². The number of aromatic nitrogens is 1. The van der Waals surface area contributed by atoms with E-state index in [1.54, 1.807) is 44.1 Å². The van der Waals surface area contributed by atoms with Crippen LogP contribution in [0.15, 0.2) is 24.3 Å². The molecule has 0 unspecified atom stereocenters. The van der Waals surface area contributed by atoms with Gasteiger partial charge in [0.15, 0.2) is 0 Å². The summed E-state index contributed by atoms with van der Waals surface area (Å²) in [6.07, 6.45) is 0.715. The second-order valence-electron chi connectivity index (χ2n) is 8.46. The van der Waals surface area contributed by atoms with Crippen LogP contribution in [-0.2, 0) is 31.0 Å². The van der Waals surface area contributed by atoms with Crippen LogP contribution in [0.25, 0.3) is 10.9 Å². The quantitative estimate of drug-likeness (QED) is 0.578. The third kappa shape index (κ3) is 3.73. The van der Waals surface area contributed by atoms with Gasteiger partial charge in [-0.1, -0.05) is 18.2 Å². The molecule has 7 nitrogen and oxygen atoms in total. The number of benzene rings is 1. The fourth-order valence-corrected chi connectivity index (χ4v) is 4.16. The molecule has 0 radical (unpaired) electrons. The molecule has 1 atom stereocenters. The summed E-state index contributed by atoms with van der Waals surface area (Å²) in [6, 6.07) is 7.61. The van der Waals surface area contributed by atoms with Gasteiger partial charge in [0.2, 0.25) is 6.41 Å². The molecule has 2 aromatic rings. The third-order valence-corrected chi connectivity index (χ3v) is 5.22. The average Bonchev–Trinajstić information content (AvgIpc) is 2.95. The monoisotopic (exact) mass is 400 g/mol. The second kappa shape index (κ2) is 7.54. The van der Waals surface area contributed by atoms with Crippen LogP contribution in [0.2, 0.25) is 0 Å². The Hall–Kier alpha value is -2.83. The summed E-state index contributed by atoms with van der Waals surface area (Å²) in [5.41, 5.74) is 0.605. The van der Waals surface area contributed by atoms with E-state index in [2.05, 4.69) is 0 Å². The molecular formula is C22H28N2O5. The first kappa shape index (κ1) is 20.9. The highest BCUT2D eigenvalue weighted by Crippen LogP contribution is 2.43. The lowest BCUT2D eigenvalue weighted by atomic mass is 9.83. The van der Waals surface area contributed by atoms with E-state index < -0.39 is 23.2 Å². The number of ether oxygens (including phenoxy) is 2. The van der Waals surface area contributed by atoms with Crippen molar-refractivity contribution in [2.24, 2.45) is 0 Å². The lowest BCUT2D eigenvalue weighted by Crippen LogP contribution is -2.54. The minimum atomic E-state index is -1.08. The average molecular weight is 400 g/mol. The zero-order valence-corrected chi connectivity index (χ0v) is 17.7. The number of esters is 1. The van der Waals surface area contributed by atoms with Crippen LogP contribution >= 0.6 is 0 Å². The van der Waals surface area contributed by atoms with Crippen molar-refractivity contribution in [3.05, 3.63) is 35.5 Å². The topological polar surface area (TPSA) is 77.8 Å². The molecule has 0 saturated heterocycles. The summed E-state index contributed by atoms with van der Waals surface area (Å²) in [7, 11) is 0. The van der Waals surface area contributed by atoms with Crippen LogP contribution in [0, 0.1) is 0 Å². The van der Waals surface area contributed by atoms with E-state index in [1.807, 2.05) is 24.3 Å². The first-order valence-electron chi connectivity index (χ1n) is 9.86. The van der Waals surface area contributed by atoms with Crippen LogP contribution in [-0.4, -0.2) is 46.7 Å². The Morgan fingerprint density at radius 3 is 2.55 bits per heavy atom. The molecule has 3 rings (SSSR count). The van der Waals surface area contributed by atoms with E-state index in [1.165, 1.54) is 0 Å². The van der Waals surface area contributed by atoms with Gasteiger partial charge in [-0.05, 0) is 52.7 Å². The number of rotatable bonds is 4. The Kier molecular flexibility index (Phi) is 5.43. The largest absolute Gasteiger partial charge is 0.466 e. The van der Waals surface area contributed by atoms with Crippen molar-refractivity contribution in [3.8, 4) is 0 Å². The predicted molar refractivity (Wildman–Crippen MR) is 109 cm³/mol. The number of nitrogens with zero attached hydrogens (tertiary/aromatic N) is 2. The van der Waals surface area contributed by atoms with Crippen LogP contribution in [0.5, 0.6) is 0 Å². The molecule has 7 heteroatoms. The smallest absolute Gasteiger partial charge is 0.411 e. The lowest BCUT2D eigenvalue weighted by molar-refractivity contribution is -0.146. The maximum Gasteiger partial charge on any atom is 0.411 e. The summed E-state index contributed by atoms with van der Waals surface area (Å²) in [6.45, 7) is 9.54. The number of fused-ring (bicyclic) bond motifs is 3. The minimum absolute atomic E-state index is 0.0722. The highest BCUT2D eigenvalue weighted by atomic mass is 16.6. The summed E-state index contributed by atoms with van der Waals surface area (Å²) < 4.78 is 12.3. The van der Waals surface area contributed by atoms with Gasteiger partial charge in [0, 0.05) is 11.9 Å². The van der Waals surface area contributed by atoms with Gasteiger partial charge in [-0.15, -0.1) is 0 Å². The summed E-state index contributed by atoms with van der Waals surface area (Å²) in [5, 5.41) is 0.952. The fraction of sp³-hybridized carbons (Fsp3) is 0.500. The Morgan fingerprint density at radius 2 is 1.93 bits per heavy atom. The van der Waals surface area contributed by atoms with Gasteiger partial charge < -0.3 is 9.47 Å². The fourth-order valence-electron chi connectivity index (χ4n) is 4.16. The highest BCUT2D eigenvalue weighted by Gasteiger charge is 2.48. The van der Waals surface area contributed by atoms with Gasteiger partial charge in [-0.2, -0.15) is 0 Å². The van der Waals surface area contributed by atoms with Crippen molar-refractivity contribution >= 4 is 29.4 Å². The molecule has 156 valence electrons. The highest BCUT2D eigenvalue weighted by molar-refractivity contribution is 5.92. The molecule has 0 fully saturated rings. The van der Waals surface area contributed by atoms with E-state index in [4.69, 9.17) is 9.47 Å². The molecule has 0 saturated carbocycles. The van der Waals surface area contributed by atoms with Gasteiger partial charge >= 0.3 is 12.1 Å². The first-order chi connectivity index (χ1) is 13.6. The standard InChI is InChI=1S/C22H28N2O5/c1-6-28-18(26)13-22(5)19-16(11-12-24(22)20(27)29-21(2,3)4)15-9-7-8-10-17(15)23(19)14-25/h7-10,14H,6,11-13H2,1-5H3/t22-/m0/s1. The molecule has 1 aromatic carbocycles. The Bertz CT molecular complexity index is 956. The molecule has 1 aromatic heterocycles. The number of amides is 1. The van der Waals surface area contributed by atoms with Crippen LogP contribution in [0.1, 0.15) is 52.3 Å². The second-order valence-corrected chi connectivity index (χ2v) is 8.46. The maximum absolute atomic E-state index is 13.0. The van der Waals surface area contributed by atoms with Crippen molar-refractivity contribution in [2.45, 2.75) is 58.6 Å². The maximum atomic E-state index is 13.0. The van der Waals surface area contributed by atoms with E-state index in [0.717, 1.165) is 22.9 Å². The molecule has 1 aliphatic heterocycles. The third-order valence-electron chi connectivity index (χ3n) is 5.22. The number of hydrogen-bond acceptors (Lipinski definition) is 5. The summed E-state index contributed by atoms with van der Waals surface area (Å²) in [4.78, 5) is 39.2. The molecule has 0 aliphatic carbocycles. The molecule has 0 bridgehead atoms. The lowest BCUT2D eigenvalue weighted by Gasteiger charge is -2.44. The zero-order valence-electron chi connectivity index (χ0n) is 17.7. The SMILES string of the molecule is CCOC(=O)C[C@@]1(C)c2c(c3ccccc3n2C=O)CCN1C(=O)OC(C)(C)C. The molecule has 2 heterocycles. The summed E-state index contributed by atoms with van der Waals surface area (Å²) in [5.74, 6) is -0.431. The van der Waals surface area contributed by atoms with Crippen LogP contribution < -0.4 is 0 Å².